The predicted molar refractivity (Wildman–Crippen MR) is 65.4 cm³/mol. The average molecular weight is 273 g/mol. The molecule has 0 spiro atoms. The first kappa shape index (κ1) is 12.1. The molecule has 0 saturated heterocycles. The molecule has 0 aliphatic carbocycles. The fraction of sp³-hybridized carbons (Fsp3) is 0.182. The molecule has 0 radical (unpaired) electrons. The van der Waals surface area contributed by atoms with Crippen LogP contribution in [0, 0.1) is 0 Å². The van der Waals surface area contributed by atoms with Crippen LogP contribution in [0.25, 0.3) is 0 Å². The Morgan fingerprint density at radius 1 is 1.45 bits per heavy atom. The minimum atomic E-state index is -0.332. The molecule has 0 bridgehead atoms. The van der Waals surface area contributed by atoms with Crippen LogP contribution in [0.2, 0.25) is 0 Å². The molecule has 0 atom stereocenters. The molecule has 9 nitrogen and oxygen atoms in total. The van der Waals surface area contributed by atoms with Crippen LogP contribution in [0.1, 0.15) is 22.1 Å². The van der Waals surface area contributed by atoms with Gasteiger partial charge in [-0.25, -0.2) is 0 Å². The van der Waals surface area contributed by atoms with Crippen molar-refractivity contribution in [2.24, 2.45) is 0 Å². The van der Waals surface area contributed by atoms with Crippen molar-refractivity contribution in [3.05, 3.63) is 47.9 Å². The van der Waals surface area contributed by atoms with E-state index >= 15 is 0 Å². The maximum Gasteiger partial charge on any atom is 0.287 e. The molecular weight excluding hydrogens is 262 g/mol. The number of nitrogens with zero attached hydrogens (tertiary/aromatic N) is 5. The van der Waals surface area contributed by atoms with Crippen LogP contribution >= 0.6 is 0 Å². The summed E-state index contributed by atoms with van der Waals surface area (Å²) in [7, 11) is 0. The fourth-order valence-electron chi connectivity index (χ4n) is 1.64. The molecule has 9 heteroatoms. The lowest BCUT2D eigenvalue weighted by Gasteiger charge is -1.99. The van der Waals surface area contributed by atoms with E-state index in [-0.39, 0.29) is 18.2 Å². The normalized spacial score (nSPS) is 10.6. The van der Waals surface area contributed by atoms with Crippen molar-refractivity contribution < 1.29 is 9.21 Å². The summed E-state index contributed by atoms with van der Waals surface area (Å²) < 4.78 is 7.16. The van der Waals surface area contributed by atoms with Crippen molar-refractivity contribution in [2.45, 2.75) is 13.1 Å². The van der Waals surface area contributed by atoms with Crippen molar-refractivity contribution >= 4 is 5.91 Å². The number of aromatic amines is 1. The van der Waals surface area contributed by atoms with Crippen LogP contribution in [-0.4, -0.2) is 36.3 Å². The zero-order chi connectivity index (χ0) is 13.8. The van der Waals surface area contributed by atoms with Gasteiger partial charge in [0, 0.05) is 12.4 Å². The van der Waals surface area contributed by atoms with E-state index < -0.39 is 0 Å². The molecule has 20 heavy (non-hydrogen) atoms. The van der Waals surface area contributed by atoms with E-state index in [0.29, 0.717) is 18.1 Å². The Kier molecular flexibility index (Phi) is 3.23. The number of furan rings is 1. The van der Waals surface area contributed by atoms with Gasteiger partial charge in [0.1, 0.15) is 5.76 Å². The highest BCUT2D eigenvalue weighted by Gasteiger charge is 2.12. The number of hydrogen-bond donors (Lipinski definition) is 2. The van der Waals surface area contributed by atoms with E-state index in [1.54, 1.807) is 23.0 Å². The van der Waals surface area contributed by atoms with Gasteiger partial charge < -0.3 is 9.73 Å². The van der Waals surface area contributed by atoms with Crippen molar-refractivity contribution in [2.75, 3.05) is 0 Å². The summed E-state index contributed by atoms with van der Waals surface area (Å²) in [5, 5.41) is 19.9. The fourth-order valence-corrected chi connectivity index (χ4v) is 1.64. The van der Waals surface area contributed by atoms with E-state index in [9.17, 15) is 4.79 Å². The summed E-state index contributed by atoms with van der Waals surface area (Å²) >= 11 is 0. The topological polar surface area (TPSA) is 115 Å². The van der Waals surface area contributed by atoms with Gasteiger partial charge in [-0.15, -0.1) is 10.2 Å². The third-order valence-corrected chi connectivity index (χ3v) is 2.56. The van der Waals surface area contributed by atoms with Crippen LogP contribution in [0.15, 0.2) is 35.0 Å². The van der Waals surface area contributed by atoms with E-state index in [1.165, 1.54) is 0 Å². The average Bonchev–Trinajstić information content (AvgIpc) is 3.19. The van der Waals surface area contributed by atoms with E-state index in [0.717, 1.165) is 0 Å². The molecule has 3 heterocycles. The molecule has 0 fully saturated rings. The molecule has 2 N–H and O–H groups in total. The molecule has 3 aromatic heterocycles. The molecule has 102 valence electrons. The standard InChI is InChI=1S/C11H11N7O2/c19-11(12-6-10-14-16-17-15-10)9-3-2-8(20-9)7-18-5-1-4-13-18/h1-5H,6-7H2,(H,12,19)(H,14,15,16,17). The van der Waals surface area contributed by atoms with Crippen LogP contribution in [0.3, 0.4) is 0 Å². The second-order valence-electron chi connectivity index (χ2n) is 3.98. The quantitative estimate of drug-likeness (QED) is 0.674. The van der Waals surface area contributed by atoms with Gasteiger partial charge in [-0.05, 0) is 18.2 Å². The second-order valence-corrected chi connectivity index (χ2v) is 3.98. The molecule has 0 unspecified atom stereocenters. The minimum Gasteiger partial charge on any atom is -0.454 e. The van der Waals surface area contributed by atoms with Crippen molar-refractivity contribution in [3.63, 3.8) is 0 Å². The Morgan fingerprint density at radius 3 is 3.15 bits per heavy atom. The monoisotopic (exact) mass is 273 g/mol. The van der Waals surface area contributed by atoms with Gasteiger partial charge in [0.15, 0.2) is 11.6 Å². The van der Waals surface area contributed by atoms with Crippen molar-refractivity contribution in [3.8, 4) is 0 Å². The number of tetrazole rings is 1. The molecule has 0 saturated carbocycles. The van der Waals surface area contributed by atoms with Gasteiger partial charge in [0.05, 0.1) is 13.1 Å². The number of carbonyl (C=O) groups excluding carboxylic acids is 1. The van der Waals surface area contributed by atoms with Crippen LogP contribution in [0.4, 0.5) is 0 Å². The first-order valence-corrected chi connectivity index (χ1v) is 5.88. The third-order valence-electron chi connectivity index (χ3n) is 2.56. The van der Waals surface area contributed by atoms with E-state index in [1.807, 2.05) is 12.3 Å². The largest absolute Gasteiger partial charge is 0.454 e. The van der Waals surface area contributed by atoms with E-state index in [4.69, 9.17) is 4.42 Å². The maximum absolute atomic E-state index is 11.8. The maximum atomic E-state index is 11.8. The molecule has 0 aliphatic rings. The molecular formula is C11H11N7O2. The van der Waals surface area contributed by atoms with Gasteiger partial charge in [-0.1, -0.05) is 5.21 Å². The SMILES string of the molecule is O=C(NCc1nn[nH]n1)c1ccc(Cn2cccn2)o1. The van der Waals surface area contributed by atoms with E-state index in [2.05, 4.69) is 31.0 Å². The molecule has 1 amide bonds. The highest BCUT2D eigenvalue weighted by Crippen LogP contribution is 2.09. The summed E-state index contributed by atoms with van der Waals surface area (Å²) in [6, 6.07) is 5.18. The lowest BCUT2D eigenvalue weighted by atomic mass is 10.4. The van der Waals surface area contributed by atoms with Gasteiger partial charge in [-0.2, -0.15) is 10.3 Å². The highest BCUT2D eigenvalue weighted by atomic mass is 16.4. The predicted octanol–water partition coefficient (Wildman–Crippen LogP) is -0.0325. The summed E-state index contributed by atoms with van der Waals surface area (Å²) in [5.41, 5.74) is 0. The minimum absolute atomic E-state index is 0.185. The van der Waals surface area contributed by atoms with Crippen molar-refractivity contribution in [1.29, 1.82) is 0 Å². The van der Waals surface area contributed by atoms with Crippen molar-refractivity contribution in [1.82, 2.24) is 35.7 Å². The Morgan fingerprint density at radius 2 is 2.40 bits per heavy atom. The highest BCUT2D eigenvalue weighted by molar-refractivity contribution is 5.91. The third kappa shape index (κ3) is 2.71. The summed E-state index contributed by atoms with van der Waals surface area (Å²) in [4.78, 5) is 11.8. The Labute approximate surface area is 113 Å². The first-order chi connectivity index (χ1) is 9.81. The number of H-pyrrole nitrogens is 1. The Balaban J connectivity index is 1.59. The Hall–Kier alpha value is -2.97. The number of carbonyl (C=O) groups is 1. The summed E-state index contributed by atoms with van der Waals surface area (Å²) in [6.45, 7) is 0.662. The lowest BCUT2D eigenvalue weighted by molar-refractivity contribution is 0.0920. The molecule has 0 aromatic carbocycles. The number of amides is 1. The number of rotatable bonds is 5. The van der Waals surface area contributed by atoms with Crippen LogP contribution < -0.4 is 5.32 Å². The Bertz CT molecular complexity index is 672. The van der Waals surface area contributed by atoms with Gasteiger partial charge in [0.2, 0.25) is 0 Å². The summed E-state index contributed by atoms with van der Waals surface area (Å²) in [5.74, 6) is 0.956. The van der Waals surface area contributed by atoms with Crippen LogP contribution in [-0.2, 0) is 13.1 Å². The molecule has 0 aliphatic heterocycles. The summed E-state index contributed by atoms with van der Waals surface area (Å²) in [6.07, 6.45) is 3.50. The number of nitrogens with one attached hydrogen (secondary N) is 2. The zero-order valence-electron chi connectivity index (χ0n) is 10.4. The number of hydrogen-bond acceptors (Lipinski definition) is 6. The molecule has 3 aromatic rings. The lowest BCUT2D eigenvalue weighted by Crippen LogP contribution is -2.22. The van der Waals surface area contributed by atoms with Gasteiger partial charge >= 0.3 is 0 Å². The van der Waals surface area contributed by atoms with Gasteiger partial charge in [-0.3, -0.25) is 9.48 Å². The van der Waals surface area contributed by atoms with Crippen LogP contribution in [0.5, 0.6) is 0 Å². The molecule has 3 rings (SSSR count). The second kappa shape index (κ2) is 5.34. The van der Waals surface area contributed by atoms with Gasteiger partial charge in [0.25, 0.3) is 5.91 Å². The smallest absolute Gasteiger partial charge is 0.287 e. The first-order valence-electron chi connectivity index (χ1n) is 5.88. The number of aromatic nitrogens is 6. The zero-order valence-corrected chi connectivity index (χ0v) is 10.4.